The van der Waals surface area contributed by atoms with Crippen molar-refractivity contribution in [2.24, 2.45) is 10.8 Å². The van der Waals surface area contributed by atoms with Crippen molar-refractivity contribution in [1.82, 2.24) is 0 Å². The average molecular weight is 473 g/mol. The van der Waals surface area contributed by atoms with Crippen molar-refractivity contribution in [2.45, 2.75) is 85.7 Å². The Hall–Kier alpha value is -1.71. The number of carbonyl (C=O) groups excluding carboxylic acids is 3. The highest BCUT2D eigenvalue weighted by Gasteiger charge is 2.60. The normalized spacial score (nSPS) is 24.4. The number of carbonyl (C=O) groups is 3. The molecule has 3 atom stereocenters. The molecule has 0 bridgehead atoms. The van der Waals surface area contributed by atoms with Gasteiger partial charge in [0.25, 0.3) is 0 Å². The van der Waals surface area contributed by atoms with E-state index in [0.717, 1.165) is 0 Å². The summed E-state index contributed by atoms with van der Waals surface area (Å²) in [6.07, 6.45) is -1.62. The number of ether oxygens (including phenoxy) is 4. The number of esters is 3. The van der Waals surface area contributed by atoms with Crippen molar-refractivity contribution in [1.29, 1.82) is 0 Å². The average Bonchev–Trinajstić information content (AvgIpc) is 2.85. The fourth-order valence-corrected chi connectivity index (χ4v) is 4.53. The predicted molar refractivity (Wildman–Crippen MR) is 122 cm³/mol. The molecule has 9 heteroatoms. The number of rotatable bonds is 7. The van der Waals surface area contributed by atoms with Crippen LogP contribution in [0.2, 0.25) is 18.1 Å². The standard InChI is InChI=1S/C23H40O8Si/c1-14(24)29-13-23(8)15(19(25)28-10)16(30-20(26)21(2,3)4)17(27-9)18(23)31-32(11,12)22(5,6)7/h17-18H,13H2,1-12H3/t17-,18+,23+/m0/s1. The Labute approximate surface area is 193 Å². The lowest BCUT2D eigenvalue weighted by Gasteiger charge is -2.44. The van der Waals surface area contributed by atoms with Crippen LogP contribution < -0.4 is 0 Å². The van der Waals surface area contributed by atoms with Gasteiger partial charge in [-0.25, -0.2) is 4.79 Å². The molecule has 0 aliphatic heterocycles. The van der Waals surface area contributed by atoms with Crippen molar-refractivity contribution < 1.29 is 37.8 Å². The fourth-order valence-electron chi connectivity index (χ4n) is 3.16. The van der Waals surface area contributed by atoms with Crippen molar-refractivity contribution >= 4 is 26.2 Å². The molecular weight excluding hydrogens is 432 g/mol. The van der Waals surface area contributed by atoms with Crippen molar-refractivity contribution in [3.05, 3.63) is 11.3 Å². The second kappa shape index (κ2) is 9.65. The number of hydrogen-bond acceptors (Lipinski definition) is 8. The molecule has 0 N–H and O–H groups in total. The van der Waals surface area contributed by atoms with Crippen LogP contribution in [0, 0.1) is 10.8 Å². The molecule has 8 nitrogen and oxygen atoms in total. The molecule has 0 heterocycles. The van der Waals surface area contributed by atoms with Crippen molar-refractivity contribution in [3.63, 3.8) is 0 Å². The van der Waals surface area contributed by atoms with Crippen molar-refractivity contribution in [3.8, 4) is 0 Å². The molecule has 0 unspecified atom stereocenters. The monoisotopic (exact) mass is 472 g/mol. The van der Waals surface area contributed by atoms with Gasteiger partial charge in [0.15, 0.2) is 14.1 Å². The van der Waals surface area contributed by atoms with Gasteiger partial charge >= 0.3 is 17.9 Å². The first kappa shape index (κ1) is 28.3. The Balaban J connectivity index is 3.74. The Morgan fingerprint density at radius 2 is 1.56 bits per heavy atom. The maximum absolute atomic E-state index is 13.0. The first-order valence-corrected chi connectivity index (χ1v) is 13.6. The Bertz CT molecular complexity index is 772. The molecule has 1 rings (SSSR count). The smallest absolute Gasteiger partial charge is 0.338 e. The summed E-state index contributed by atoms with van der Waals surface area (Å²) in [6, 6.07) is 0. The van der Waals surface area contributed by atoms with Crippen LogP contribution in [0.4, 0.5) is 0 Å². The van der Waals surface area contributed by atoms with Crippen LogP contribution in [0.15, 0.2) is 11.3 Å². The lowest BCUT2D eigenvalue weighted by Crippen LogP contribution is -2.53. The van der Waals surface area contributed by atoms with Crippen LogP contribution in [-0.2, 0) is 37.8 Å². The van der Waals surface area contributed by atoms with Crippen LogP contribution in [0.25, 0.3) is 0 Å². The van der Waals surface area contributed by atoms with E-state index in [1.54, 1.807) is 27.7 Å². The molecule has 1 aliphatic carbocycles. The quantitative estimate of drug-likeness (QED) is 0.312. The van der Waals surface area contributed by atoms with E-state index < -0.39 is 49.3 Å². The third-order valence-corrected chi connectivity index (χ3v) is 10.7. The molecule has 32 heavy (non-hydrogen) atoms. The maximum atomic E-state index is 13.0. The molecule has 0 spiro atoms. The predicted octanol–water partition coefficient (Wildman–Crippen LogP) is 3.99. The largest absolute Gasteiger partial charge is 0.466 e. The summed E-state index contributed by atoms with van der Waals surface area (Å²) in [5, 5.41) is -0.149. The van der Waals surface area contributed by atoms with Crippen LogP contribution in [0.1, 0.15) is 55.4 Å². The Kier molecular flexibility index (Phi) is 8.54. The van der Waals surface area contributed by atoms with Gasteiger partial charge in [-0.15, -0.1) is 0 Å². The summed E-state index contributed by atoms with van der Waals surface area (Å²) in [6.45, 7) is 18.4. The van der Waals surface area contributed by atoms with Gasteiger partial charge in [-0.1, -0.05) is 20.8 Å². The van der Waals surface area contributed by atoms with Gasteiger partial charge in [0.1, 0.15) is 12.7 Å². The molecule has 0 aromatic heterocycles. The molecule has 0 aromatic rings. The lowest BCUT2D eigenvalue weighted by atomic mass is 9.81. The van der Waals surface area contributed by atoms with Gasteiger partial charge in [0, 0.05) is 14.0 Å². The number of hydrogen-bond donors (Lipinski definition) is 0. The zero-order valence-electron chi connectivity index (χ0n) is 21.6. The van der Waals surface area contributed by atoms with Gasteiger partial charge in [0.05, 0.1) is 29.6 Å². The molecule has 0 radical (unpaired) electrons. The van der Waals surface area contributed by atoms with Crippen LogP contribution >= 0.6 is 0 Å². The molecule has 184 valence electrons. The summed E-state index contributed by atoms with van der Waals surface area (Å²) in [5.74, 6) is -1.69. The van der Waals surface area contributed by atoms with Crippen LogP contribution in [0.5, 0.6) is 0 Å². The molecule has 0 saturated heterocycles. The maximum Gasteiger partial charge on any atom is 0.338 e. The molecular formula is C23H40O8Si. The van der Waals surface area contributed by atoms with E-state index in [1.807, 2.05) is 0 Å². The third kappa shape index (κ3) is 5.79. The molecule has 1 aliphatic rings. The van der Waals surface area contributed by atoms with E-state index in [2.05, 4.69) is 33.9 Å². The summed E-state index contributed by atoms with van der Waals surface area (Å²) in [5.41, 5.74) is -1.91. The van der Waals surface area contributed by atoms with E-state index >= 15 is 0 Å². The Morgan fingerprint density at radius 3 is 1.94 bits per heavy atom. The summed E-state index contributed by atoms with van der Waals surface area (Å²) in [7, 11) is 0.314. The molecule has 0 amide bonds. The first-order valence-electron chi connectivity index (χ1n) is 10.7. The molecule has 0 aromatic carbocycles. The van der Waals surface area contributed by atoms with E-state index in [0.29, 0.717) is 0 Å². The summed E-state index contributed by atoms with van der Waals surface area (Å²) in [4.78, 5) is 37.4. The highest BCUT2D eigenvalue weighted by atomic mass is 28.4. The van der Waals surface area contributed by atoms with Crippen LogP contribution in [-0.4, -0.2) is 59.3 Å². The minimum atomic E-state index is -2.39. The minimum Gasteiger partial charge on any atom is -0.466 e. The SMILES string of the molecule is COC(=O)C1=C(OC(=O)C(C)(C)C)[C@H](OC)[C@@H](O[Si](C)(C)C(C)(C)C)[C@]1(C)COC(C)=O. The third-order valence-electron chi connectivity index (χ3n) is 6.24. The van der Waals surface area contributed by atoms with Crippen LogP contribution in [0.3, 0.4) is 0 Å². The second-order valence-corrected chi connectivity index (χ2v) is 15.8. The van der Waals surface area contributed by atoms with E-state index in [4.69, 9.17) is 23.4 Å². The topological polar surface area (TPSA) is 97.4 Å². The van der Waals surface area contributed by atoms with Gasteiger partial charge in [-0.05, 0) is 45.8 Å². The van der Waals surface area contributed by atoms with E-state index in [-0.39, 0.29) is 23.0 Å². The number of methoxy groups -OCH3 is 2. The fraction of sp³-hybridized carbons (Fsp3) is 0.783. The highest BCUT2D eigenvalue weighted by molar-refractivity contribution is 6.74. The van der Waals surface area contributed by atoms with Gasteiger partial charge in [-0.2, -0.15) is 0 Å². The van der Waals surface area contributed by atoms with E-state index in [9.17, 15) is 14.4 Å². The first-order chi connectivity index (χ1) is 14.3. The van der Waals surface area contributed by atoms with E-state index in [1.165, 1.54) is 21.1 Å². The Morgan fingerprint density at radius 1 is 1.03 bits per heavy atom. The second-order valence-electron chi connectivity index (χ2n) is 11.0. The zero-order chi connectivity index (χ0) is 25.3. The summed E-state index contributed by atoms with van der Waals surface area (Å²) >= 11 is 0. The van der Waals surface area contributed by atoms with Crippen molar-refractivity contribution in [2.75, 3.05) is 20.8 Å². The van der Waals surface area contributed by atoms with Gasteiger partial charge in [0.2, 0.25) is 0 Å². The minimum absolute atomic E-state index is 0.0395. The summed E-state index contributed by atoms with van der Waals surface area (Å²) < 4.78 is 28.6. The molecule has 0 fully saturated rings. The van der Waals surface area contributed by atoms with Gasteiger partial charge < -0.3 is 23.4 Å². The highest BCUT2D eigenvalue weighted by Crippen LogP contribution is 2.50. The zero-order valence-corrected chi connectivity index (χ0v) is 22.6. The lowest BCUT2D eigenvalue weighted by molar-refractivity contribution is -0.151. The van der Waals surface area contributed by atoms with Gasteiger partial charge in [-0.3, -0.25) is 9.59 Å². The molecule has 0 saturated carbocycles.